The molecule has 0 aliphatic heterocycles. The molecule has 2 aromatic carbocycles. The molecule has 0 saturated carbocycles. The van der Waals surface area contributed by atoms with Gasteiger partial charge in [-0.05, 0) is 42.3 Å². The largest absolute Gasteiger partial charge is 0.382 e. The molecule has 4 aromatic rings. The summed E-state index contributed by atoms with van der Waals surface area (Å²) in [5, 5.41) is 15.7. The Morgan fingerprint density at radius 1 is 1.24 bits per heavy atom. The minimum atomic E-state index is -3.72. The molecule has 0 radical (unpaired) electrons. The number of nitrogens with zero attached hydrogens (tertiary/aromatic N) is 3. The second-order valence-corrected chi connectivity index (χ2v) is 8.14. The van der Waals surface area contributed by atoms with E-state index in [1.165, 1.54) is 47.1 Å². The summed E-state index contributed by atoms with van der Waals surface area (Å²) < 4.78 is 45.8. The number of nitrogens with one attached hydrogen (secondary N) is 1. The topological polar surface area (TPSA) is 106 Å². The zero-order chi connectivity index (χ0) is 24.6. The number of alkyl halides is 2. The normalized spacial score (nSPS) is 12.6. The first kappa shape index (κ1) is 23.5. The zero-order valence-electron chi connectivity index (χ0n) is 17.8. The van der Waals surface area contributed by atoms with Crippen LogP contribution >= 0.6 is 11.6 Å². The number of halogens is 4. The van der Waals surface area contributed by atoms with Crippen LogP contribution in [0, 0.1) is 12.7 Å². The van der Waals surface area contributed by atoms with Gasteiger partial charge in [-0.2, -0.15) is 4.98 Å². The van der Waals surface area contributed by atoms with Crippen LogP contribution in [0.5, 0.6) is 0 Å². The molecule has 0 spiro atoms. The number of carbonyl (C=O) groups excluding carboxylic acids is 1. The average molecular weight is 490 g/mol. The van der Waals surface area contributed by atoms with Crippen molar-refractivity contribution in [3.05, 3.63) is 82.3 Å². The van der Waals surface area contributed by atoms with E-state index in [0.717, 1.165) is 5.56 Å². The monoisotopic (exact) mass is 489 g/mol. The number of aromatic nitrogens is 3. The summed E-state index contributed by atoms with van der Waals surface area (Å²) in [4.78, 5) is 16.6. The highest BCUT2D eigenvalue weighted by Crippen LogP contribution is 2.33. The number of pyridine rings is 1. The first-order valence-electron chi connectivity index (χ1n) is 10.1. The smallest absolute Gasteiger partial charge is 0.294 e. The quantitative estimate of drug-likeness (QED) is 0.377. The van der Waals surface area contributed by atoms with E-state index < -0.39 is 35.9 Å². The van der Waals surface area contributed by atoms with Crippen molar-refractivity contribution in [3.8, 4) is 11.1 Å². The molecule has 2 heterocycles. The number of hydrogen-bond acceptors (Lipinski definition) is 5. The second kappa shape index (κ2) is 8.96. The Bertz CT molecular complexity index is 1380. The number of nitrogen functional groups attached to an aromatic ring is 1. The van der Waals surface area contributed by atoms with Crippen LogP contribution in [0.3, 0.4) is 0 Å². The van der Waals surface area contributed by atoms with Gasteiger partial charge in [0.15, 0.2) is 5.65 Å². The summed E-state index contributed by atoms with van der Waals surface area (Å²) in [5.74, 6) is -5.83. The standard InChI is InChI=1S/C23H19ClF3N5O2/c1-12-2-4-13(5-3-12)20(33)23(26,27)11-29-21(34)18-16(24)7-6-15(19(18)25)14-8-9-32-17(10-14)30-22(28)31-32/h2-10,20,33H,11H2,1H3,(H2,28,31)(H,29,34). The lowest BCUT2D eigenvalue weighted by Crippen LogP contribution is -2.41. The number of carbonyl (C=O) groups is 1. The van der Waals surface area contributed by atoms with Crippen LogP contribution in [0.4, 0.5) is 19.1 Å². The number of rotatable bonds is 6. The van der Waals surface area contributed by atoms with E-state index in [1.54, 1.807) is 19.1 Å². The number of aliphatic hydroxyl groups excluding tert-OH is 1. The number of nitrogens with two attached hydrogens (primary N) is 1. The number of benzene rings is 2. The third-order valence-electron chi connectivity index (χ3n) is 5.26. The molecule has 34 heavy (non-hydrogen) atoms. The summed E-state index contributed by atoms with van der Waals surface area (Å²) >= 11 is 6.02. The minimum absolute atomic E-state index is 0.00470. The Labute approximate surface area is 197 Å². The van der Waals surface area contributed by atoms with Gasteiger partial charge in [0, 0.05) is 11.8 Å². The van der Waals surface area contributed by atoms with E-state index in [-0.39, 0.29) is 22.1 Å². The number of aryl methyl sites for hydroxylation is 1. The molecule has 2 aromatic heterocycles. The molecule has 0 aliphatic rings. The van der Waals surface area contributed by atoms with E-state index >= 15 is 4.39 Å². The molecule has 0 bridgehead atoms. The maximum absolute atomic E-state index is 15.3. The molecule has 0 aliphatic carbocycles. The minimum Gasteiger partial charge on any atom is -0.382 e. The molecule has 11 heteroatoms. The second-order valence-electron chi connectivity index (χ2n) is 7.73. The summed E-state index contributed by atoms with van der Waals surface area (Å²) in [6.45, 7) is 0.548. The fourth-order valence-electron chi connectivity index (χ4n) is 3.43. The van der Waals surface area contributed by atoms with Crippen molar-refractivity contribution < 1.29 is 23.1 Å². The van der Waals surface area contributed by atoms with Gasteiger partial charge in [0.1, 0.15) is 11.9 Å². The number of amides is 1. The van der Waals surface area contributed by atoms with Gasteiger partial charge in [0.05, 0.1) is 17.1 Å². The fourth-order valence-corrected chi connectivity index (χ4v) is 3.66. The molecule has 1 unspecified atom stereocenters. The predicted octanol–water partition coefficient (Wildman–Crippen LogP) is 4.18. The summed E-state index contributed by atoms with van der Waals surface area (Å²) in [7, 11) is 0. The van der Waals surface area contributed by atoms with Gasteiger partial charge >= 0.3 is 0 Å². The number of hydrogen-bond donors (Lipinski definition) is 3. The van der Waals surface area contributed by atoms with Crippen molar-refractivity contribution in [2.75, 3.05) is 12.3 Å². The van der Waals surface area contributed by atoms with Gasteiger partial charge in [-0.1, -0.05) is 41.4 Å². The molecule has 1 atom stereocenters. The number of aliphatic hydroxyl groups is 1. The Balaban J connectivity index is 1.57. The van der Waals surface area contributed by atoms with Crippen LogP contribution in [0.2, 0.25) is 5.02 Å². The summed E-state index contributed by atoms with van der Waals surface area (Å²) in [5.41, 5.74) is 6.49. The van der Waals surface area contributed by atoms with Gasteiger partial charge in [0.2, 0.25) is 5.95 Å². The molecule has 176 valence electrons. The van der Waals surface area contributed by atoms with Crippen LogP contribution in [-0.4, -0.2) is 38.1 Å². The van der Waals surface area contributed by atoms with E-state index in [9.17, 15) is 18.7 Å². The van der Waals surface area contributed by atoms with Gasteiger partial charge in [-0.15, -0.1) is 5.10 Å². The van der Waals surface area contributed by atoms with Crippen molar-refractivity contribution in [2.24, 2.45) is 0 Å². The van der Waals surface area contributed by atoms with Gasteiger partial charge in [0.25, 0.3) is 11.8 Å². The molecule has 4 rings (SSSR count). The van der Waals surface area contributed by atoms with E-state index in [1.807, 2.05) is 5.32 Å². The summed E-state index contributed by atoms with van der Waals surface area (Å²) in [6, 6.07) is 11.6. The molecule has 1 amide bonds. The van der Waals surface area contributed by atoms with Crippen LogP contribution in [-0.2, 0) is 0 Å². The lowest BCUT2D eigenvalue weighted by molar-refractivity contribution is -0.106. The van der Waals surface area contributed by atoms with Gasteiger partial charge in [-0.25, -0.2) is 17.7 Å². The van der Waals surface area contributed by atoms with Crippen LogP contribution in [0.25, 0.3) is 16.8 Å². The Kier molecular flexibility index (Phi) is 6.20. The Morgan fingerprint density at radius 3 is 2.65 bits per heavy atom. The summed E-state index contributed by atoms with van der Waals surface area (Å²) in [6.07, 6.45) is -0.656. The maximum atomic E-state index is 15.3. The lowest BCUT2D eigenvalue weighted by atomic mass is 10.0. The lowest BCUT2D eigenvalue weighted by Gasteiger charge is -2.23. The van der Waals surface area contributed by atoms with Gasteiger partial charge in [-0.3, -0.25) is 4.79 Å². The predicted molar refractivity (Wildman–Crippen MR) is 121 cm³/mol. The SMILES string of the molecule is Cc1ccc(C(O)C(F)(F)CNC(=O)c2c(Cl)ccc(-c3ccn4nc(N)nc4c3)c2F)cc1. The van der Waals surface area contributed by atoms with E-state index in [2.05, 4.69) is 10.1 Å². The zero-order valence-corrected chi connectivity index (χ0v) is 18.5. The Hall–Kier alpha value is -3.63. The number of fused-ring (bicyclic) bond motifs is 1. The van der Waals surface area contributed by atoms with Crippen molar-refractivity contribution in [3.63, 3.8) is 0 Å². The molecular formula is C23H19ClF3N5O2. The molecular weight excluding hydrogens is 471 g/mol. The highest BCUT2D eigenvalue weighted by Gasteiger charge is 2.40. The fraction of sp³-hybridized carbons (Fsp3) is 0.174. The Morgan fingerprint density at radius 2 is 1.94 bits per heavy atom. The molecule has 0 saturated heterocycles. The molecule has 4 N–H and O–H groups in total. The van der Waals surface area contributed by atoms with Crippen LogP contribution in [0.1, 0.15) is 27.6 Å². The average Bonchev–Trinajstić information content (AvgIpc) is 3.17. The van der Waals surface area contributed by atoms with Gasteiger partial charge < -0.3 is 16.2 Å². The molecule has 0 fully saturated rings. The van der Waals surface area contributed by atoms with Crippen molar-refractivity contribution in [1.82, 2.24) is 19.9 Å². The third-order valence-corrected chi connectivity index (χ3v) is 5.58. The first-order chi connectivity index (χ1) is 16.1. The maximum Gasteiger partial charge on any atom is 0.294 e. The number of anilines is 1. The molecule has 7 nitrogen and oxygen atoms in total. The highest BCUT2D eigenvalue weighted by molar-refractivity contribution is 6.34. The van der Waals surface area contributed by atoms with Crippen molar-refractivity contribution >= 4 is 29.1 Å². The van der Waals surface area contributed by atoms with E-state index in [4.69, 9.17) is 17.3 Å². The van der Waals surface area contributed by atoms with E-state index in [0.29, 0.717) is 11.2 Å². The third kappa shape index (κ3) is 4.55. The van der Waals surface area contributed by atoms with Crippen molar-refractivity contribution in [1.29, 1.82) is 0 Å². The first-order valence-corrected chi connectivity index (χ1v) is 10.5. The van der Waals surface area contributed by atoms with Crippen molar-refractivity contribution in [2.45, 2.75) is 19.0 Å². The highest BCUT2D eigenvalue weighted by atomic mass is 35.5. The van der Waals surface area contributed by atoms with Crippen LogP contribution < -0.4 is 11.1 Å². The van der Waals surface area contributed by atoms with Crippen LogP contribution in [0.15, 0.2) is 54.7 Å².